The van der Waals surface area contributed by atoms with Gasteiger partial charge in [-0.3, -0.25) is 4.79 Å². The molecule has 0 radical (unpaired) electrons. The van der Waals surface area contributed by atoms with Crippen molar-refractivity contribution in [1.82, 2.24) is 15.0 Å². The van der Waals surface area contributed by atoms with E-state index in [9.17, 15) is 18.0 Å². The van der Waals surface area contributed by atoms with Gasteiger partial charge in [0.25, 0.3) is 5.91 Å². The fraction of sp³-hybridized carbons (Fsp3) is 0.0833. The van der Waals surface area contributed by atoms with E-state index in [-0.39, 0.29) is 17.1 Å². The minimum atomic E-state index is -4.65. The van der Waals surface area contributed by atoms with Crippen molar-refractivity contribution in [3.05, 3.63) is 95.0 Å². The van der Waals surface area contributed by atoms with Gasteiger partial charge in [0.15, 0.2) is 0 Å². The van der Waals surface area contributed by atoms with Gasteiger partial charge in [-0.2, -0.15) is 13.2 Å². The highest BCUT2D eigenvalue weighted by molar-refractivity contribution is 6.31. The van der Waals surface area contributed by atoms with E-state index in [1.54, 1.807) is 49.6 Å². The van der Waals surface area contributed by atoms with Crippen molar-refractivity contribution < 1.29 is 22.7 Å². The molecule has 0 spiro atoms. The predicted molar refractivity (Wildman–Crippen MR) is 121 cm³/mol. The molecule has 1 amide bonds. The number of amides is 1. The molecule has 0 bridgehead atoms. The van der Waals surface area contributed by atoms with Crippen LogP contribution in [0.25, 0.3) is 11.3 Å². The maximum atomic E-state index is 13.1. The molecule has 34 heavy (non-hydrogen) atoms. The molecule has 0 aliphatic carbocycles. The molecule has 10 heteroatoms. The highest BCUT2D eigenvalue weighted by Gasteiger charge is 2.33. The topological polar surface area (TPSA) is 77.0 Å². The molecule has 0 unspecified atom stereocenters. The number of aromatic nitrogens is 3. The van der Waals surface area contributed by atoms with Gasteiger partial charge in [0.05, 0.1) is 21.8 Å². The largest absolute Gasteiger partial charge is 0.438 e. The summed E-state index contributed by atoms with van der Waals surface area (Å²) in [5.74, 6) is 0.0143. The molecule has 2 aromatic carbocycles. The van der Waals surface area contributed by atoms with Crippen LogP contribution < -0.4 is 10.1 Å². The molecular weight excluding hydrogens is 469 g/mol. The van der Waals surface area contributed by atoms with Gasteiger partial charge < -0.3 is 10.1 Å². The second kappa shape index (κ2) is 9.48. The van der Waals surface area contributed by atoms with E-state index in [1.807, 2.05) is 0 Å². The fourth-order valence-electron chi connectivity index (χ4n) is 3.10. The maximum absolute atomic E-state index is 13.1. The first-order valence-corrected chi connectivity index (χ1v) is 10.3. The molecular formula is C24H16ClF3N4O2. The standard InChI is InChI=1S/C24H16ClF3N4O2/c1-14-4-5-15(22(33)32-16-6-7-19(25)18(12-16)24(26,27)28)11-21(14)34-23-17(3-2-9-30-23)20-8-10-29-13-31-20/h2-13H,1H3,(H,32,33). The van der Waals surface area contributed by atoms with Gasteiger partial charge in [-0.1, -0.05) is 17.7 Å². The van der Waals surface area contributed by atoms with Gasteiger partial charge in [-0.05, 0) is 61.0 Å². The number of rotatable bonds is 5. The molecule has 2 heterocycles. The number of nitrogens with zero attached hydrogens (tertiary/aromatic N) is 3. The Bertz CT molecular complexity index is 1350. The summed E-state index contributed by atoms with van der Waals surface area (Å²) in [5.41, 5.74) is 1.06. The smallest absolute Gasteiger partial charge is 0.417 e. The lowest BCUT2D eigenvalue weighted by Crippen LogP contribution is -2.13. The lowest BCUT2D eigenvalue weighted by molar-refractivity contribution is -0.137. The number of halogens is 4. The highest BCUT2D eigenvalue weighted by Crippen LogP contribution is 2.36. The molecule has 0 aliphatic rings. The molecule has 2 aromatic heterocycles. The average Bonchev–Trinajstić information content (AvgIpc) is 2.82. The summed E-state index contributed by atoms with van der Waals surface area (Å²) in [4.78, 5) is 25.1. The third-order valence-electron chi connectivity index (χ3n) is 4.82. The Hall–Kier alpha value is -3.98. The van der Waals surface area contributed by atoms with E-state index in [0.29, 0.717) is 17.0 Å². The lowest BCUT2D eigenvalue weighted by atomic mass is 10.1. The van der Waals surface area contributed by atoms with Crippen LogP contribution >= 0.6 is 11.6 Å². The number of aryl methyl sites for hydroxylation is 1. The van der Waals surface area contributed by atoms with Crippen molar-refractivity contribution in [2.75, 3.05) is 5.32 Å². The van der Waals surface area contributed by atoms with Crippen molar-refractivity contribution in [3.63, 3.8) is 0 Å². The third-order valence-corrected chi connectivity index (χ3v) is 5.15. The zero-order valence-corrected chi connectivity index (χ0v) is 18.4. The summed E-state index contributed by atoms with van der Waals surface area (Å²) in [5, 5.41) is 2.01. The Kier molecular flexibility index (Phi) is 6.47. The SMILES string of the molecule is Cc1ccc(C(=O)Nc2ccc(Cl)c(C(F)(F)F)c2)cc1Oc1ncccc1-c1ccncn1. The van der Waals surface area contributed by atoms with Crippen LogP contribution in [0.4, 0.5) is 18.9 Å². The van der Waals surface area contributed by atoms with Gasteiger partial charge in [-0.25, -0.2) is 15.0 Å². The van der Waals surface area contributed by atoms with E-state index in [2.05, 4.69) is 20.3 Å². The summed E-state index contributed by atoms with van der Waals surface area (Å²) in [6, 6.07) is 13.1. The Labute approximate surface area is 197 Å². The van der Waals surface area contributed by atoms with E-state index in [4.69, 9.17) is 16.3 Å². The normalized spacial score (nSPS) is 11.2. The van der Waals surface area contributed by atoms with Crippen molar-refractivity contribution in [3.8, 4) is 22.9 Å². The molecule has 4 rings (SSSR count). The number of carbonyl (C=O) groups excluding carboxylic acids is 1. The van der Waals surface area contributed by atoms with Gasteiger partial charge in [0.2, 0.25) is 5.88 Å². The first kappa shape index (κ1) is 23.2. The molecule has 4 aromatic rings. The second-order valence-electron chi connectivity index (χ2n) is 7.18. The molecule has 172 valence electrons. The number of hydrogen-bond donors (Lipinski definition) is 1. The number of ether oxygens (including phenoxy) is 1. The van der Waals surface area contributed by atoms with Gasteiger partial charge in [0.1, 0.15) is 12.1 Å². The molecule has 0 saturated carbocycles. The Balaban J connectivity index is 1.60. The number of nitrogens with one attached hydrogen (secondary N) is 1. The number of hydrogen-bond acceptors (Lipinski definition) is 5. The summed E-state index contributed by atoms with van der Waals surface area (Å²) in [6.45, 7) is 1.79. The van der Waals surface area contributed by atoms with Gasteiger partial charge >= 0.3 is 6.18 Å². The zero-order chi connectivity index (χ0) is 24.3. The summed E-state index contributed by atoms with van der Waals surface area (Å²) < 4.78 is 45.4. The van der Waals surface area contributed by atoms with Crippen molar-refractivity contribution >= 4 is 23.2 Å². The summed E-state index contributed by atoms with van der Waals surface area (Å²) >= 11 is 5.64. The fourth-order valence-corrected chi connectivity index (χ4v) is 3.32. The van der Waals surface area contributed by atoms with Crippen LogP contribution in [0.2, 0.25) is 5.02 Å². The van der Waals surface area contributed by atoms with Crippen LogP contribution in [0.15, 0.2) is 73.3 Å². The first-order chi connectivity index (χ1) is 16.2. The van der Waals surface area contributed by atoms with Gasteiger partial charge in [-0.15, -0.1) is 0 Å². The Morgan fingerprint density at radius 1 is 1.03 bits per heavy atom. The van der Waals surface area contributed by atoms with Crippen LogP contribution in [-0.2, 0) is 6.18 Å². The van der Waals surface area contributed by atoms with E-state index >= 15 is 0 Å². The van der Waals surface area contributed by atoms with Crippen molar-refractivity contribution in [2.45, 2.75) is 13.1 Å². The number of benzene rings is 2. The highest BCUT2D eigenvalue weighted by atomic mass is 35.5. The minimum Gasteiger partial charge on any atom is -0.438 e. The van der Waals surface area contributed by atoms with Gasteiger partial charge in [0, 0.05) is 23.6 Å². The summed E-state index contributed by atoms with van der Waals surface area (Å²) in [6.07, 6.45) is -0.0863. The quantitative estimate of drug-likeness (QED) is 0.347. The van der Waals surface area contributed by atoms with Crippen molar-refractivity contribution in [2.24, 2.45) is 0 Å². The molecule has 0 saturated heterocycles. The maximum Gasteiger partial charge on any atom is 0.417 e. The van der Waals surface area contributed by atoms with E-state index in [1.165, 1.54) is 18.5 Å². The van der Waals surface area contributed by atoms with E-state index in [0.717, 1.165) is 17.7 Å². The average molecular weight is 485 g/mol. The molecule has 0 atom stereocenters. The number of anilines is 1. The molecule has 0 aliphatic heterocycles. The van der Waals surface area contributed by atoms with Crippen LogP contribution in [0.1, 0.15) is 21.5 Å². The lowest BCUT2D eigenvalue weighted by Gasteiger charge is -2.14. The van der Waals surface area contributed by atoms with Crippen LogP contribution in [0, 0.1) is 6.92 Å². The third kappa shape index (κ3) is 5.15. The van der Waals surface area contributed by atoms with Crippen LogP contribution in [0.5, 0.6) is 11.6 Å². The summed E-state index contributed by atoms with van der Waals surface area (Å²) in [7, 11) is 0. The molecule has 1 N–H and O–H groups in total. The van der Waals surface area contributed by atoms with Crippen LogP contribution in [-0.4, -0.2) is 20.9 Å². The number of alkyl halides is 3. The Morgan fingerprint density at radius 3 is 2.59 bits per heavy atom. The number of carbonyl (C=O) groups is 1. The number of pyridine rings is 1. The molecule has 6 nitrogen and oxygen atoms in total. The van der Waals surface area contributed by atoms with Crippen molar-refractivity contribution in [1.29, 1.82) is 0 Å². The first-order valence-electron chi connectivity index (χ1n) is 9.90. The van der Waals surface area contributed by atoms with Crippen LogP contribution in [0.3, 0.4) is 0 Å². The predicted octanol–water partition coefficient (Wildman–Crippen LogP) is 6.56. The Morgan fingerprint density at radius 2 is 1.85 bits per heavy atom. The zero-order valence-electron chi connectivity index (χ0n) is 17.6. The minimum absolute atomic E-state index is 0.0412. The monoisotopic (exact) mass is 484 g/mol. The molecule has 0 fully saturated rings. The second-order valence-corrected chi connectivity index (χ2v) is 7.59. The van der Waals surface area contributed by atoms with E-state index < -0.39 is 22.7 Å².